The first kappa shape index (κ1) is 16.0. The summed E-state index contributed by atoms with van der Waals surface area (Å²) in [5.41, 5.74) is 1.06. The van der Waals surface area contributed by atoms with E-state index in [1.165, 1.54) is 12.8 Å². The maximum absolute atomic E-state index is 11.9. The molecule has 1 saturated carbocycles. The summed E-state index contributed by atoms with van der Waals surface area (Å²) in [5.74, 6) is 0.603. The molecule has 2 N–H and O–H groups in total. The summed E-state index contributed by atoms with van der Waals surface area (Å²) in [6.07, 6.45) is 3.59. The van der Waals surface area contributed by atoms with Gasteiger partial charge in [-0.1, -0.05) is 22.0 Å². The van der Waals surface area contributed by atoms with E-state index in [0.29, 0.717) is 12.6 Å². The highest BCUT2D eigenvalue weighted by Crippen LogP contribution is 2.26. The Morgan fingerprint density at radius 3 is 3.00 bits per heavy atom. The minimum absolute atomic E-state index is 0.140. The third-order valence-corrected chi connectivity index (χ3v) is 3.77. The Hall–Kier alpha value is -1.33. The summed E-state index contributed by atoms with van der Waals surface area (Å²) in [6.45, 7) is 6.52. The number of benzene rings is 1. The molecule has 1 aliphatic carbocycles. The van der Waals surface area contributed by atoms with Gasteiger partial charge in [0, 0.05) is 29.2 Å². The monoisotopic (exact) mass is 352 g/mol. The van der Waals surface area contributed by atoms with Gasteiger partial charge in [-0.05, 0) is 38.0 Å². The molecule has 114 valence electrons. The Morgan fingerprint density at radius 1 is 1.57 bits per heavy atom. The lowest BCUT2D eigenvalue weighted by atomic mass is 10.2. The molecule has 1 aromatic rings. The molecule has 1 atom stereocenters. The van der Waals surface area contributed by atoms with E-state index in [1.807, 2.05) is 18.2 Å². The molecule has 0 radical (unpaired) electrons. The van der Waals surface area contributed by atoms with Crippen LogP contribution in [0.25, 0.3) is 0 Å². The molecule has 0 bridgehead atoms. The van der Waals surface area contributed by atoms with Gasteiger partial charge in [0.15, 0.2) is 6.10 Å². The van der Waals surface area contributed by atoms with Crippen LogP contribution in [0.15, 0.2) is 35.3 Å². The SMILES string of the molecule is C=CCNC(=O)C(C)Oc1ccc(Br)cc1CNC1CC1. The maximum Gasteiger partial charge on any atom is 0.261 e. The van der Waals surface area contributed by atoms with E-state index in [1.54, 1.807) is 13.0 Å². The zero-order valence-corrected chi connectivity index (χ0v) is 13.8. The molecule has 0 spiro atoms. The lowest BCUT2D eigenvalue weighted by Crippen LogP contribution is -2.36. The number of halogens is 1. The highest BCUT2D eigenvalue weighted by atomic mass is 79.9. The van der Waals surface area contributed by atoms with E-state index < -0.39 is 6.10 Å². The Balaban J connectivity index is 1.99. The van der Waals surface area contributed by atoms with Crippen molar-refractivity contribution in [1.29, 1.82) is 0 Å². The Kier molecular flexibility index (Phi) is 5.82. The molecule has 1 unspecified atom stereocenters. The third-order valence-electron chi connectivity index (χ3n) is 3.27. The van der Waals surface area contributed by atoms with Crippen molar-refractivity contribution in [3.05, 3.63) is 40.9 Å². The zero-order valence-electron chi connectivity index (χ0n) is 12.2. The van der Waals surface area contributed by atoms with Crippen molar-refractivity contribution in [2.24, 2.45) is 0 Å². The molecule has 0 aromatic heterocycles. The highest BCUT2D eigenvalue weighted by molar-refractivity contribution is 9.10. The molecule has 1 amide bonds. The van der Waals surface area contributed by atoms with Crippen LogP contribution < -0.4 is 15.4 Å². The fraction of sp³-hybridized carbons (Fsp3) is 0.438. The van der Waals surface area contributed by atoms with Crippen molar-refractivity contribution in [2.45, 2.75) is 38.5 Å². The molecule has 1 fully saturated rings. The summed E-state index contributed by atoms with van der Waals surface area (Å²) >= 11 is 3.47. The predicted octanol–water partition coefficient (Wildman–Crippen LogP) is 2.77. The first-order valence-corrected chi connectivity index (χ1v) is 7.96. The summed E-state index contributed by atoms with van der Waals surface area (Å²) < 4.78 is 6.81. The number of rotatable bonds is 8. The van der Waals surface area contributed by atoms with Crippen LogP contribution in [-0.2, 0) is 11.3 Å². The van der Waals surface area contributed by atoms with E-state index in [4.69, 9.17) is 4.74 Å². The first-order chi connectivity index (χ1) is 10.1. The van der Waals surface area contributed by atoms with Gasteiger partial charge < -0.3 is 15.4 Å². The van der Waals surface area contributed by atoms with Gasteiger partial charge in [-0.25, -0.2) is 0 Å². The predicted molar refractivity (Wildman–Crippen MR) is 87.3 cm³/mol. The Labute approximate surface area is 134 Å². The minimum Gasteiger partial charge on any atom is -0.481 e. The number of amides is 1. The van der Waals surface area contributed by atoms with Crippen molar-refractivity contribution in [3.63, 3.8) is 0 Å². The second-order valence-corrected chi connectivity index (χ2v) is 6.12. The van der Waals surface area contributed by atoms with Crippen molar-refractivity contribution in [3.8, 4) is 5.75 Å². The Bertz CT molecular complexity index is 515. The van der Waals surface area contributed by atoms with Gasteiger partial charge >= 0.3 is 0 Å². The van der Waals surface area contributed by atoms with Crippen LogP contribution in [0.1, 0.15) is 25.3 Å². The molecule has 21 heavy (non-hydrogen) atoms. The quantitative estimate of drug-likeness (QED) is 0.707. The smallest absolute Gasteiger partial charge is 0.261 e. The van der Waals surface area contributed by atoms with E-state index >= 15 is 0 Å². The van der Waals surface area contributed by atoms with Crippen molar-refractivity contribution in [2.75, 3.05) is 6.54 Å². The zero-order chi connectivity index (χ0) is 15.2. The van der Waals surface area contributed by atoms with Gasteiger partial charge in [0.25, 0.3) is 5.91 Å². The summed E-state index contributed by atoms with van der Waals surface area (Å²) in [4.78, 5) is 11.9. The first-order valence-electron chi connectivity index (χ1n) is 7.17. The number of hydrogen-bond donors (Lipinski definition) is 2. The van der Waals surface area contributed by atoms with Crippen molar-refractivity contribution in [1.82, 2.24) is 10.6 Å². The number of carbonyl (C=O) groups excluding carboxylic acids is 1. The van der Waals surface area contributed by atoms with Crippen LogP contribution in [0.2, 0.25) is 0 Å². The largest absolute Gasteiger partial charge is 0.481 e. The van der Waals surface area contributed by atoms with Crippen LogP contribution in [-0.4, -0.2) is 24.6 Å². The molecule has 1 aromatic carbocycles. The molecule has 0 heterocycles. The van der Waals surface area contributed by atoms with Crippen LogP contribution in [0.5, 0.6) is 5.75 Å². The topological polar surface area (TPSA) is 50.4 Å². The third kappa shape index (κ3) is 5.17. The molecule has 0 aliphatic heterocycles. The number of nitrogens with one attached hydrogen (secondary N) is 2. The molecule has 2 rings (SSSR count). The molecule has 0 saturated heterocycles. The molecular formula is C16H21BrN2O2. The van der Waals surface area contributed by atoms with Gasteiger partial charge in [0.05, 0.1) is 0 Å². The van der Waals surface area contributed by atoms with Gasteiger partial charge in [0.2, 0.25) is 0 Å². The highest BCUT2D eigenvalue weighted by Gasteiger charge is 2.21. The maximum atomic E-state index is 11.9. The van der Waals surface area contributed by atoms with E-state index in [2.05, 4.69) is 33.1 Å². The second-order valence-electron chi connectivity index (χ2n) is 5.20. The van der Waals surface area contributed by atoms with Crippen LogP contribution in [0.3, 0.4) is 0 Å². The fourth-order valence-corrected chi connectivity index (χ4v) is 2.31. The summed E-state index contributed by atoms with van der Waals surface area (Å²) in [7, 11) is 0. The normalized spacial score (nSPS) is 15.3. The van der Waals surface area contributed by atoms with Crippen molar-refractivity contribution < 1.29 is 9.53 Å². The van der Waals surface area contributed by atoms with Gasteiger partial charge in [-0.15, -0.1) is 6.58 Å². The minimum atomic E-state index is -0.536. The van der Waals surface area contributed by atoms with Gasteiger partial charge in [-0.3, -0.25) is 4.79 Å². The lowest BCUT2D eigenvalue weighted by Gasteiger charge is -2.17. The Morgan fingerprint density at radius 2 is 2.33 bits per heavy atom. The van der Waals surface area contributed by atoms with E-state index in [9.17, 15) is 4.79 Å². The number of ether oxygens (including phenoxy) is 1. The molecule has 4 nitrogen and oxygen atoms in total. The number of carbonyl (C=O) groups is 1. The fourth-order valence-electron chi connectivity index (χ4n) is 1.90. The van der Waals surface area contributed by atoms with E-state index in [-0.39, 0.29) is 5.91 Å². The van der Waals surface area contributed by atoms with E-state index in [0.717, 1.165) is 22.3 Å². The molecule has 5 heteroatoms. The lowest BCUT2D eigenvalue weighted by molar-refractivity contribution is -0.127. The average molecular weight is 353 g/mol. The van der Waals surface area contributed by atoms with Gasteiger partial charge in [0.1, 0.15) is 5.75 Å². The average Bonchev–Trinajstić information content (AvgIpc) is 3.29. The van der Waals surface area contributed by atoms with Crippen LogP contribution in [0.4, 0.5) is 0 Å². The standard InChI is InChI=1S/C16H21BrN2O2/c1-3-8-18-16(20)11(2)21-15-7-4-13(17)9-12(15)10-19-14-5-6-14/h3-4,7,9,11,14,19H,1,5-6,8,10H2,2H3,(H,18,20). The number of hydrogen-bond acceptors (Lipinski definition) is 3. The summed E-state index contributed by atoms with van der Waals surface area (Å²) in [6, 6.07) is 6.47. The van der Waals surface area contributed by atoms with Crippen LogP contribution in [0, 0.1) is 0 Å². The van der Waals surface area contributed by atoms with Gasteiger partial charge in [-0.2, -0.15) is 0 Å². The van der Waals surface area contributed by atoms with Crippen LogP contribution >= 0.6 is 15.9 Å². The molecular weight excluding hydrogens is 332 g/mol. The van der Waals surface area contributed by atoms with Crippen molar-refractivity contribution >= 4 is 21.8 Å². The summed E-state index contributed by atoms with van der Waals surface area (Å²) in [5, 5.41) is 6.20. The molecule has 1 aliphatic rings. The second kappa shape index (κ2) is 7.61.